The zero-order valence-corrected chi connectivity index (χ0v) is 14.1. The van der Waals surface area contributed by atoms with Crippen LogP contribution in [0.5, 0.6) is 0 Å². The Balaban J connectivity index is 1.55. The van der Waals surface area contributed by atoms with Crippen molar-refractivity contribution in [3.8, 4) is 0 Å². The lowest BCUT2D eigenvalue weighted by atomic mass is 9.89. The summed E-state index contributed by atoms with van der Waals surface area (Å²) in [4.78, 5) is 18.3. The van der Waals surface area contributed by atoms with Gasteiger partial charge in [0.05, 0.1) is 5.69 Å². The number of aryl methyl sites for hydroxylation is 2. The van der Waals surface area contributed by atoms with Crippen LogP contribution >= 0.6 is 0 Å². The summed E-state index contributed by atoms with van der Waals surface area (Å²) in [5, 5.41) is 10.8. The lowest BCUT2D eigenvalue weighted by Gasteiger charge is -2.36. The van der Waals surface area contributed by atoms with Gasteiger partial charge in [0.1, 0.15) is 18.0 Å². The fourth-order valence-corrected chi connectivity index (χ4v) is 2.91. The number of aliphatic hydroxyl groups is 1. The van der Waals surface area contributed by atoms with Gasteiger partial charge in [0, 0.05) is 26.3 Å². The van der Waals surface area contributed by atoms with Crippen LogP contribution in [0.25, 0.3) is 0 Å². The van der Waals surface area contributed by atoms with Gasteiger partial charge in [-0.05, 0) is 25.3 Å². The Hall–Kier alpha value is -2.34. The second-order valence-corrected chi connectivity index (χ2v) is 6.34. The number of piperidine rings is 1. The SMILES string of the molecule is Cc1nc(C2(O)CCN(C(=O)OCc3ccccc3)CC2)cn1C. The quantitative estimate of drug-likeness (QED) is 0.938. The Morgan fingerprint density at radius 2 is 1.96 bits per heavy atom. The van der Waals surface area contributed by atoms with E-state index in [0.717, 1.165) is 11.4 Å². The predicted molar refractivity (Wildman–Crippen MR) is 89.3 cm³/mol. The molecule has 2 heterocycles. The molecule has 128 valence electrons. The van der Waals surface area contributed by atoms with E-state index >= 15 is 0 Å². The van der Waals surface area contributed by atoms with Crippen molar-refractivity contribution in [1.82, 2.24) is 14.5 Å². The first-order chi connectivity index (χ1) is 11.5. The van der Waals surface area contributed by atoms with Gasteiger partial charge in [-0.15, -0.1) is 0 Å². The van der Waals surface area contributed by atoms with Crippen LogP contribution < -0.4 is 0 Å². The highest BCUT2D eigenvalue weighted by atomic mass is 16.6. The second-order valence-electron chi connectivity index (χ2n) is 6.34. The molecule has 0 bridgehead atoms. The topological polar surface area (TPSA) is 67.6 Å². The van der Waals surface area contributed by atoms with Crippen LogP contribution in [0, 0.1) is 6.92 Å². The molecule has 1 N–H and O–H groups in total. The molecule has 0 radical (unpaired) electrons. The molecule has 1 aliphatic heterocycles. The van der Waals surface area contributed by atoms with Crippen molar-refractivity contribution in [1.29, 1.82) is 0 Å². The number of carbonyl (C=O) groups is 1. The Bertz CT molecular complexity index is 684. The lowest BCUT2D eigenvalue weighted by molar-refractivity contribution is -0.0285. The van der Waals surface area contributed by atoms with Crippen LogP contribution in [-0.2, 0) is 24.0 Å². The summed E-state index contributed by atoms with van der Waals surface area (Å²) >= 11 is 0. The molecule has 6 nitrogen and oxygen atoms in total. The summed E-state index contributed by atoms with van der Waals surface area (Å²) in [7, 11) is 1.91. The Morgan fingerprint density at radius 1 is 1.29 bits per heavy atom. The fourth-order valence-electron chi connectivity index (χ4n) is 2.91. The summed E-state index contributed by atoms with van der Waals surface area (Å²) in [5.74, 6) is 0.864. The minimum absolute atomic E-state index is 0.264. The number of hydrogen-bond donors (Lipinski definition) is 1. The van der Waals surface area contributed by atoms with E-state index in [1.807, 2.05) is 55.1 Å². The normalized spacial score (nSPS) is 16.9. The number of nitrogens with zero attached hydrogens (tertiary/aromatic N) is 3. The average Bonchev–Trinajstić information content (AvgIpc) is 2.94. The first kappa shape index (κ1) is 16.5. The zero-order chi connectivity index (χ0) is 17.2. The molecule has 6 heteroatoms. The first-order valence-electron chi connectivity index (χ1n) is 8.16. The van der Waals surface area contributed by atoms with Gasteiger partial charge >= 0.3 is 6.09 Å². The molecule has 24 heavy (non-hydrogen) atoms. The molecule has 3 rings (SSSR count). The van der Waals surface area contributed by atoms with Crippen LogP contribution in [0.2, 0.25) is 0 Å². The van der Waals surface area contributed by atoms with Gasteiger partial charge in [-0.3, -0.25) is 0 Å². The lowest BCUT2D eigenvalue weighted by Crippen LogP contribution is -2.45. The number of benzene rings is 1. The summed E-state index contributed by atoms with van der Waals surface area (Å²) in [5.41, 5.74) is 0.672. The molecule has 0 atom stereocenters. The van der Waals surface area contributed by atoms with Crippen molar-refractivity contribution >= 4 is 6.09 Å². The average molecular weight is 329 g/mol. The molecule has 0 spiro atoms. The first-order valence-corrected chi connectivity index (χ1v) is 8.16. The third-order valence-electron chi connectivity index (χ3n) is 4.64. The van der Waals surface area contributed by atoms with Crippen molar-refractivity contribution in [2.45, 2.75) is 32.0 Å². The standard InChI is InChI=1S/C18H23N3O3/c1-14-19-16(12-20(14)2)18(23)8-10-21(11-9-18)17(22)24-13-15-6-4-3-5-7-15/h3-7,12,23H,8-11,13H2,1-2H3. The van der Waals surface area contributed by atoms with E-state index in [0.29, 0.717) is 31.6 Å². The molecule has 0 unspecified atom stereocenters. The van der Waals surface area contributed by atoms with Crippen LogP contribution in [0.1, 0.15) is 29.9 Å². The van der Waals surface area contributed by atoms with Crippen LogP contribution in [-0.4, -0.2) is 38.7 Å². The molecule has 1 aliphatic rings. The van der Waals surface area contributed by atoms with Gasteiger partial charge in [0.15, 0.2) is 0 Å². The molecular formula is C18H23N3O3. The Morgan fingerprint density at radius 3 is 2.54 bits per heavy atom. The van der Waals surface area contributed by atoms with Crippen molar-refractivity contribution in [3.05, 3.63) is 53.6 Å². The van der Waals surface area contributed by atoms with E-state index in [1.165, 1.54) is 0 Å². The van der Waals surface area contributed by atoms with Gasteiger partial charge in [0.2, 0.25) is 0 Å². The maximum atomic E-state index is 12.2. The van der Waals surface area contributed by atoms with Gasteiger partial charge in [-0.2, -0.15) is 0 Å². The van der Waals surface area contributed by atoms with Crippen molar-refractivity contribution in [3.63, 3.8) is 0 Å². The predicted octanol–water partition coefficient (Wildman–Crippen LogP) is 2.35. The number of likely N-dealkylation sites (tertiary alicyclic amines) is 1. The highest BCUT2D eigenvalue weighted by Gasteiger charge is 2.37. The fraction of sp³-hybridized carbons (Fsp3) is 0.444. The molecule has 0 aliphatic carbocycles. The number of imidazole rings is 1. The summed E-state index contributed by atoms with van der Waals surface area (Å²) < 4.78 is 7.25. The number of carbonyl (C=O) groups excluding carboxylic acids is 1. The van der Waals surface area contributed by atoms with Crippen LogP contribution in [0.15, 0.2) is 36.5 Å². The zero-order valence-electron chi connectivity index (χ0n) is 14.1. The van der Waals surface area contributed by atoms with Crippen molar-refractivity contribution < 1.29 is 14.6 Å². The molecule has 1 amide bonds. The number of amides is 1. The third kappa shape index (κ3) is 3.43. The largest absolute Gasteiger partial charge is 0.445 e. The van der Waals surface area contributed by atoms with E-state index < -0.39 is 5.60 Å². The molecule has 1 aromatic carbocycles. The Labute approximate surface area is 141 Å². The maximum absolute atomic E-state index is 12.2. The van der Waals surface area contributed by atoms with Gasteiger partial charge in [0.25, 0.3) is 0 Å². The Kier molecular flexibility index (Phi) is 4.57. The minimum Gasteiger partial charge on any atom is -0.445 e. The summed E-state index contributed by atoms with van der Waals surface area (Å²) in [6.45, 7) is 3.09. The number of aromatic nitrogens is 2. The summed E-state index contributed by atoms with van der Waals surface area (Å²) in [6, 6.07) is 9.60. The maximum Gasteiger partial charge on any atom is 0.410 e. The molecule has 1 aromatic heterocycles. The highest BCUT2D eigenvalue weighted by molar-refractivity contribution is 5.67. The van der Waals surface area contributed by atoms with Crippen molar-refractivity contribution in [2.75, 3.05) is 13.1 Å². The van der Waals surface area contributed by atoms with E-state index in [9.17, 15) is 9.90 Å². The van der Waals surface area contributed by atoms with Crippen LogP contribution in [0.4, 0.5) is 4.79 Å². The molecular weight excluding hydrogens is 306 g/mol. The number of rotatable bonds is 3. The molecule has 1 fully saturated rings. The van der Waals surface area contributed by atoms with E-state index in [4.69, 9.17) is 4.74 Å². The monoisotopic (exact) mass is 329 g/mol. The van der Waals surface area contributed by atoms with E-state index in [-0.39, 0.29) is 12.7 Å². The molecule has 0 saturated carbocycles. The van der Waals surface area contributed by atoms with Gasteiger partial charge in [-0.25, -0.2) is 9.78 Å². The summed E-state index contributed by atoms with van der Waals surface area (Å²) in [6.07, 6.45) is 2.45. The minimum atomic E-state index is -0.970. The van der Waals surface area contributed by atoms with Crippen molar-refractivity contribution in [2.24, 2.45) is 7.05 Å². The van der Waals surface area contributed by atoms with Gasteiger partial charge < -0.3 is 19.3 Å². The van der Waals surface area contributed by atoms with E-state index in [2.05, 4.69) is 4.98 Å². The smallest absolute Gasteiger partial charge is 0.410 e. The molecule has 2 aromatic rings. The number of ether oxygens (including phenoxy) is 1. The van der Waals surface area contributed by atoms with Gasteiger partial charge in [-0.1, -0.05) is 30.3 Å². The third-order valence-corrected chi connectivity index (χ3v) is 4.64. The molecule has 1 saturated heterocycles. The van der Waals surface area contributed by atoms with E-state index in [1.54, 1.807) is 4.90 Å². The second kappa shape index (κ2) is 6.65. The van der Waals surface area contributed by atoms with Crippen LogP contribution in [0.3, 0.4) is 0 Å². The highest BCUT2D eigenvalue weighted by Crippen LogP contribution is 2.32. The number of hydrogen-bond acceptors (Lipinski definition) is 4.